The first-order valence-corrected chi connectivity index (χ1v) is 5.49. The molecule has 7 nitrogen and oxygen atoms in total. The highest BCUT2D eigenvalue weighted by Gasteiger charge is 2.25. The van der Waals surface area contributed by atoms with Gasteiger partial charge in [0.05, 0.1) is 12.5 Å². The molecular weight excluding hydrogens is 224 g/mol. The van der Waals surface area contributed by atoms with Gasteiger partial charge in [0, 0.05) is 7.11 Å². The quantitative estimate of drug-likeness (QED) is 0.801. The number of carbonyl (C=O) groups is 1. The van der Waals surface area contributed by atoms with Crippen molar-refractivity contribution in [1.82, 2.24) is 20.2 Å². The number of carboxylic acids is 1. The molecule has 0 aliphatic heterocycles. The first-order valence-electron chi connectivity index (χ1n) is 5.49. The highest BCUT2D eigenvalue weighted by molar-refractivity contribution is 5.67. The Morgan fingerprint density at radius 3 is 2.59 bits per heavy atom. The maximum atomic E-state index is 10.8. The molecule has 1 aromatic rings. The third-order valence-electron chi connectivity index (χ3n) is 2.70. The molecule has 0 radical (unpaired) electrons. The molecule has 0 aliphatic carbocycles. The predicted molar refractivity (Wildman–Crippen MR) is 59.4 cm³/mol. The smallest absolute Gasteiger partial charge is 0.305 e. The zero-order valence-electron chi connectivity index (χ0n) is 10.5. The summed E-state index contributed by atoms with van der Waals surface area (Å²) in [5.41, 5.74) is 0. The van der Waals surface area contributed by atoms with Crippen LogP contribution < -0.4 is 0 Å². The Bertz CT molecular complexity index is 377. The lowest BCUT2D eigenvalue weighted by atomic mass is 10.0. The molecule has 2 atom stereocenters. The molecule has 2 unspecified atom stereocenters. The van der Waals surface area contributed by atoms with E-state index in [9.17, 15) is 4.79 Å². The molecule has 1 aromatic heterocycles. The minimum absolute atomic E-state index is 0.00780. The van der Waals surface area contributed by atoms with Gasteiger partial charge in [0.15, 0.2) is 5.82 Å². The average Bonchev–Trinajstić information content (AvgIpc) is 2.72. The molecule has 0 fully saturated rings. The van der Waals surface area contributed by atoms with Gasteiger partial charge in [0.25, 0.3) is 0 Å². The van der Waals surface area contributed by atoms with Crippen LogP contribution in [-0.4, -0.2) is 38.4 Å². The van der Waals surface area contributed by atoms with E-state index < -0.39 is 5.97 Å². The second-order valence-corrected chi connectivity index (χ2v) is 4.27. The number of rotatable bonds is 6. The van der Waals surface area contributed by atoms with Crippen molar-refractivity contribution in [3.8, 4) is 0 Å². The third kappa shape index (κ3) is 3.23. The van der Waals surface area contributed by atoms with Crippen molar-refractivity contribution in [2.75, 3.05) is 7.11 Å². The molecule has 0 spiro atoms. The zero-order chi connectivity index (χ0) is 13.0. The van der Waals surface area contributed by atoms with Gasteiger partial charge in [-0.15, -0.1) is 5.10 Å². The van der Waals surface area contributed by atoms with Crippen LogP contribution in [0.3, 0.4) is 0 Å². The molecule has 1 rings (SSSR count). The van der Waals surface area contributed by atoms with Crippen molar-refractivity contribution in [2.24, 2.45) is 5.92 Å². The lowest BCUT2D eigenvalue weighted by Crippen LogP contribution is -2.23. The van der Waals surface area contributed by atoms with E-state index in [-0.39, 0.29) is 24.5 Å². The number of ether oxygens (including phenoxy) is 1. The van der Waals surface area contributed by atoms with Crippen molar-refractivity contribution in [1.29, 1.82) is 0 Å². The van der Waals surface area contributed by atoms with Crippen molar-refractivity contribution in [3.63, 3.8) is 0 Å². The molecule has 0 saturated carbocycles. The summed E-state index contributed by atoms with van der Waals surface area (Å²) in [7, 11) is 1.56. The summed E-state index contributed by atoms with van der Waals surface area (Å²) in [6, 6.07) is -0.268. The summed E-state index contributed by atoms with van der Waals surface area (Å²) >= 11 is 0. The molecule has 7 heteroatoms. The van der Waals surface area contributed by atoms with Crippen LogP contribution in [-0.2, 0) is 9.53 Å². The van der Waals surface area contributed by atoms with E-state index in [2.05, 4.69) is 15.5 Å². The van der Waals surface area contributed by atoms with E-state index in [1.165, 1.54) is 0 Å². The van der Waals surface area contributed by atoms with Gasteiger partial charge >= 0.3 is 5.97 Å². The standard InChI is InChI=1S/C10H18N4O3/c1-6(2)8(5-9(15)16)14-10(7(3)17-4)11-12-13-14/h6-8H,5H2,1-4H3,(H,15,16). The first kappa shape index (κ1) is 13.6. The normalized spacial score (nSPS) is 14.9. The monoisotopic (exact) mass is 242 g/mol. The van der Waals surface area contributed by atoms with E-state index in [4.69, 9.17) is 9.84 Å². The number of carboxylic acid groups (broad SMARTS) is 1. The number of nitrogens with zero attached hydrogens (tertiary/aromatic N) is 4. The molecule has 0 aliphatic rings. The number of aliphatic carboxylic acids is 1. The Kier molecular flexibility index (Phi) is 4.56. The lowest BCUT2D eigenvalue weighted by Gasteiger charge is -2.21. The summed E-state index contributed by atoms with van der Waals surface area (Å²) in [5, 5.41) is 20.3. The largest absolute Gasteiger partial charge is 0.481 e. The van der Waals surface area contributed by atoms with Crippen LogP contribution in [0.15, 0.2) is 0 Å². The molecule has 96 valence electrons. The summed E-state index contributed by atoms with van der Waals surface area (Å²) in [6.07, 6.45) is -0.272. The van der Waals surface area contributed by atoms with Crippen LogP contribution in [0.2, 0.25) is 0 Å². The van der Waals surface area contributed by atoms with Gasteiger partial charge in [0.1, 0.15) is 6.10 Å². The zero-order valence-corrected chi connectivity index (χ0v) is 10.5. The molecule has 0 amide bonds. The van der Waals surface area contributed by atoms with Crippen molar-refractivity contribution >= 4 is 5.97 Å². The van der Waals surface area contributed by atoms with Gasteiger partial charge in [-0.3, -0.25) is 4.79 Å². The van der Waals surface area contributed by atoms with Gasteiger partial charge in [-0.1, -0.05) is 13.8 Å². The van der Waals surface area contributed by atoms with E-state index in [0.29, 0.717) is 5.82 Å². The second kappa shape index (κ2) is 5.72. The van der Waals surface area contributed by atoms with Crippen LogP contribution >= 0.6 is 0 Å². The van der Waals surface area contributed by atoms with Crippen LogP contribution in [0.5, 0.6) is 0 Å². The van der Waals surface area contributed by atoms with Gasteiger partial charge in [-0.05, 0) is 23.3 Å². The van der Waals surface area contributed by atoms with Gasteiger partial charge < -0.3 is 9.84 Å². The van der Waals surface area contributed by atoms with Crippen LogP contribution in [0.25, 0.3) is 0 Å². The summed E-state index contributed by atoms with van der Waals surface area (Å²) < 4.78 is 6.71. The number of aromatic nitrogens is 4. The fourth-order valence-corrected chi connectivity index (χ4v) is 1.59. The lowest BCUT2D eigenvalue weighted by molar-refractivity contribution is -0.138. The molecular formula is C10H18N4O3. The van der Waals surface area contributed by atoms with E-state index in [1.807, 2.05) is 20.8 Å². The fraction of sp³-hybridized carbons (Fsp3) is 0.800. The number of methoxy groups -OCH3 is 1. The maximum absolute atomic E-state index is 10.8. The highest BCUT2D eigenvalue weighted by Crippen LogP contribution is 2.24. The van der Waals surface area contributed by atoms with Crippen molar-refractivity contribution < 1.29 is 14.6 Å². The maximum Gasteiger partial charge on any atom is 0.305 e. The summed E-state index contributed by atoms with van der Waals surface area (Å²) in [4.78, 5) is 10.8. The fourth-order valence-electron chi connectivity index (χ4n) is 1.59. The number of hydrogen-bond donors (Lipinski definition) is 1. The number of tetrazole rings is 1. The van der Waals surface area contributed by atoms with Crippen LogP contribution in [0.1, 0.15) is 45.2 Å². The van der Waals surface area contributed by atoms with E-state index >= 15 is 0 Å². The van der Waals surface area contributed by atoms with Gasteiger partial charge in [-0.25, -0.2) is 4.68 Å². The minimum Gasteiger partial charge on any atom is -0.481 e. The Hall–Kier alpha value is -1.50. The molecule has 0 aromatic carbocycles. The predicted octanol–water partition coefficient (Wildman–Crippen LogP) is 1.05. The topological polar surface area (TPSA) is 90.1 Å². The molecule has 0 saturated heterocycles. The van der Waals surface area contributed by atoms with Crippen LogP contribution in [0.4, 0.5) is 0 Å². The number of hydrogen-bond acceptors (Lipinski definition) is 5. The third-order valence-corrected chi connectivity index (χ3v) is 2.70. The van der Waals surface area contributed by atoms with Gasteiger partial charge in [0.2, 0.25) is 0 Å². The Labute approximate surface area is 99.8 Å². The minimum atomic E-state index is -0.866. The van der Waals surface area contributed by atoms with Crippen LogP contribution in [0, 0.1) is 5.92 Å². The van der Waals surface area contributed by atoms with E-state index in [0.717, 1.165) is 0 Å². The molecule has 0 bridgehead atoms. The molecule has 1 heterocycles. The van der Waals surface area contributed by atoms with E-state index in [1.54, 1.807) is 11.8 Å². The molecule has 1 N–H and O–H groups in total. The SMILES string of the molecule is COC(C)c1nnnn1C(CC(=O)O)C(C)C. The van der Waals surface area contributed by atoms with Crippen molar-refractivity contribution in [2.45, 2.75) is 39.3 Å². The van der Waals surface area contributed by atoms with Crippen molar-refractivity contribution in [3.05, 3.63) is 5.82 Å². The Balaban J connectivity index is 3.02. The first-order chi connectivity index (χ1) is 7.97. The molecule has 17 heavy (non-hydrogen) atoms. The highest BCUT2D eigenvalue weighted by atomic mass is 16.5. The second-order valence-electron chi connectivity index (χ2n) is 4.27. The Morgan fingerprint density at radius 1 is 1.47 bits per heavy atom. The summed E-state index contributed by atoms with van der Waals surface area (Å²) in [5.74, 6) is -0.194. The summed E-state index contributed by atoms with van der Waals surface area (Å²) in [6.45, 7) is 5.70. The average molecular weight is 242 g/mol. The van der Waals surface area contributed by atoms with Gasteiger partial charge in [-0.2, -0.15) is 0 Å². The Morgan fingerprint density at radius 2 is 2.12 bits per heavy atom.